The Morgan fingerprint density at radius 2 is 1.78 bits per heavy atom. The van der Waals surface area contributed by atoms with Gasteiger partial charge in [0.2, 0.25) is 0 Å². The monoisotopic (exact) mass is 166 g/mol. The van der Waals surface area contributed by atoms with Crippen molar-refractivity contribution in [1.82, 2.24) is 0 Å². The molecule has 0 bridgehead atoms. The van der Waals surface area contributed by atoms with Gasteiger partial charge in [0.15, 0.2) is 0 Å². The fraction of sp³-hybridized carbons (Fsp3) is 0.833. The fourth-order valence-corrected chi connectivity index (χ4v) is 1.66. The second-order valence-corrected chi connectivity index (χ2v) is 3.14. The standard InChI is InChI=1S/C6H11OP.ClH/c7-6(8)5-3-1-2-4-5;/h5H,1-4,8H2;1H. The van der Waals surface area contributed by atoms with Gasteiger partial charge in [-0.3, -0.25) is 4.79 Å². The average Bonchev–Trinajstić information content (AvgIpc) is 2.12. The fourth-order valence-electron chi connectivity index (χ4n) is 1.25. The minimum Gasteiger partial charge on any atom is -1.00 e. The van der Waals surface area contributed by atoms with Gasteiger partial charge in [0.1, 0.15) is 0 Å². The number of carbonyl (C=O) groups is 1. The molecule has 1 rings (SSSR count). The van der Waals surface area contributed by atoms with Crippen LogP contribution in [0.25, 0.3) is 0 Å². The van der Waals surface area contributed by atoms with Crippen molar-refractivity contribution in [3.05, 3.63) is 0 Å². The lowest BCUT2D eigenvalue weighted by molar-refractivity contribution is -0.114. The molecule has 9 heavy (non-hydrogen) atoms. The van der Waals surface area contributed by atoms with Gasteiger partial charge in [0, 0.05) is 9.24 Å². The molecule has 0 heterocycles. The second-order valence-electron chi connectivity index (χ2n) is 2.45. The Labute approximate surface area is 64.2 Å². The van der Waals surface area contributed by atoms with E-state index < -0.39 is 0 Å². The molecular formula is C6H12ClOP. The van der Waals surface area contributed by atoms with Gasteiger partial charge < -0.3 is 12.4 Å². The number of carbonyl (C=O) groups excluding carboxylic acids is 1. The summed E-state index contributed by atoms with van der Waals surface area (Å²) in [7, 11) is 1.52. The Morgan fingerprint density at radius 1 is 1.33 bits per heavy atom. The van der Waals surface area contributed by atoms with Crippen molar-refractivity contribution in [3.63, 3.8) is 0 Å². The van der Waals surface area contributed by atoms with Crippen molar-refractivity contribution in [3.8, 4) is 0 Å². The van der Waals surface area contributed by atoms with Gasteiger partial charge >= 0.3 is 0 Å². The smallest absolute Gasteiger partial charge is 0.263 e. The Kier molecular flexibility index (Phi) is 4.43. The topological polar surface area (TPSA) is 17.1 Å². The van der Waals surface area contributed by atoms with Gasteiger partial charge in [-0.1, -0.05) is 12.8 Å². The van der Waals surface area contributed by atoms with Gasteiger partial charge in [0.05, 0.1) is 5.92 Å². The van der Waals surface area contributed by atoms with E-state index in [1.165, 1.54) is 22.1 Å². The first-order valence-corrected chi connectivity index (χ1v) is 3.87. The lowest BCUT2D eigenvalue weighted by atomic mass is 10.1. The van der Waals surface area contributed by atoms with E-state index >= 15 is 0 Å². The van der Waals surface area contributed by atoms with Crippen molar-refractivity contribution >= 4 is 14.8 Å². The highest BCUT2D eigenvalue weighted by Crippen LogP contribution is 2.26. The minimum absolute atomic E-state index is 0. The van der Waals surface area contributed by atoms with Crippen molar-refractivity contribution in [2.45, 2.75) is 25.7 Å². The van der Waals surface area contributed by atoms with E-state index in [-0.39, 0.29) is 12.4 Å². The SMILES string of the molecule is O=C([PH3+])C1CCCC1.[Cl-]. The Hall–Kier alpha value is 0.390. The summed E-state index contributed by atoms with van der Waals surface area (Å²) in [5, 5.41) is 0. The number of halogens is 1. The highest BCUT2D eigenvalue weighted by Gasteiger charge is 2.21. The average molecular weight is 167 g/mol. The molecule has 1 unspecified atom stereocenters. The van der Waals surface area contributed by atoms with Gasteiger partial charge in [-0.05, 0) is 12.8 Å². The maximum absolute atomic E-state index is 10.7. The van der Waals surface area contributed by atoms with E-state index in [0.29, 0.717) is 11.4 Å². The van der Waals surface area contributed by atoms with Crippen LogP contribution in [0.15, 0.2) is 0 Å². The summed E-state index contributed by atoms with van der Waals surface area (Å²) < 4.78 is 0. The molecule has 0 N–H and O–H groups in total. The first-order chi connectivity index (χ1) is 3.80. The maximum atomic E-state index is 10.7. The molecule has 1 saturated carbocycles. The molecule has 0 saturated heterocycles. The zero-order valence-corrected chi connectivity index (χ0v) is 7.57. The van der Waals surface area contributed by atoms with Crippen LogP contribution in [0.4, 0.5) is 0 Å². The molecule has 0 aliphatic heterocycles. The number of hydrogen-bond donors (Lipinski definition) is 0. The molecular weight excluding hydrogens is 154 g/mol. The molecule has 3 heteroatoms. The molecule has 54 valence electrons. The molecule has 0 aromatic carbocycles. The molecule has 0 aromatic rings. The van der Waals surface area contributed by atoms with Gasteiger partial charge in [0.25, 0.3) is 5.52 Å². The van der Waals surface area contributed by atoms with Crippen molar-refractivity contribution in [2.24, 2.45) is 5.92 Å². The zero-order valence-electron chi connectivity index (χ0n) is 5.40. The second kappa shape index (κ2) is 4.24. The first kappa shape index (κ1) is 9.39. The van der Waals surface area contributed by atoms with Crippen LogP contribution in [0.2, 0.25) is 0 Å². The Balaban J connectivity index is 0.000000640. The lowest BCUT2D eigenvalue weighted by Gasteiger charge is -1.94. The molecule has 0 amide bonds. The van der Waals surface area contributed by atoms with Crippen LogP contribution >= 0.6 is 9.24 Å². The number of rotatable bonds is 1. The quantitative estimate of drug-likeness (QED) is 0.425. The molecule has 0 radical (unpaired) electrons. The van der Waals surface area contributed by atoms with Crippen LogP contribution in [0, 0.1) is 5.92 Å². The Morgan fingerprint density at radius 3 is 2.00 bits per heavy atom. The van der Waals surface area contributed by atoms with E-state index in [1.807, 2.05) is 0 Å². The number of hydrogen-bond acceptors (Lipinski definition) is 1. The maximum Gasteiger partial charge on any atom is 0.263 e. The highest BCUT2D eigenvalue weighted by molar-refractivity contribution is 7.40. The highest BCUT2D eigenvalue weighted by atomic mass is 35.5. The van der Waals surface area contributed by atoms with Gasteiger partial charge in [-0.25, -0.2) is 0 Å². The first-order valence-electron chi connectivity index (χ1n) is 3.16. The van der Waals surface area contributed by atoms with E-state index in [0.717, 1.165) is 12.8 Å². The predicted octanol–water partition coefficient (Wildman–Crippen LogP) is -1.69. The third-order valence-electron chi connectivity index (χ3n) is 1.81. The molecule has 1 nitrogen and oxygen atoms in total. The van der Waals surface area contributed by atoms with E-state index in [9.17, 15) is 4.79 Å². The zero-order chi connectivity index (χ0) is 5.98. The van der Waals surface area contributed by atoms with Crippen molar-refractivity contribution < 1.29 is 17.2 Å². The van der Waals surface area contributed by atoms with Crippen molar-refractivity contribution in [1.29, 1.82) is 0 Å². The van der Waals surface area contributed by atoms with Crippen LogP contribution in [0.5, 0.6) is 0 Å². The summed E-state index contributed by atoms with van der Waals surface area (Å²) in [6.07, 6.45) is 4.86. The summed E-state index contributed by atoms with van der Waals surface area (Å²) in [6.45, 7) is 0. The van der Waals surface area contributed by atoms with Crippen LogP contribution < -0.4 is 12.4 Å². The van der Waals surface area contributed by atoms with Crippen molar-refractivity contribution in [2.75, 3.05) is 0 Å². The minimum atomic E-state index is 0. The van der Waals surface area contributed by atoms with Gasteiger partial charge in [-0.2, -0.15) is 0 Å². The third kappa shape index (κ3) is 2.64. The lowest BCUT2D eigenvalue weighted by Crippen LogP contribution is -3.00. The molecule has 1 aliphatic rings. The summed E-state index contributed by atoms with van der Waals surface area (Å²) in [4.78, 5) is 10.7. The van der Waals surface area contributed by atoms with Crippen LogP contribution in [0.3, 0.4) is 0 Å². The van der Waals surface area contributed by atoms with Gasteiger partial charge in [-0.15, -0.1) is 0 Å². The molecule has 1 fully saturated rings. The van der Waals surface area contributed by atoms with Crippen LogP contribution in [0.1, 0.15) is 25.7 Å². The summed E-state index contributed by atoms with van der Waals surface area (Å²) in [5.74, 6) is 0.438. The summed E-state index contributed by atoms with van der Waals surface area (Å²) in [5.41, 5.74) is 0.419. The van der Waals surface area contributed by atoms with Crippen LogP contribution in [-0.2, 0) is 4.79 Å². The molecule has 0 spiro atoms. The van der Waals surface area contributed by atoms with E-state index in [2.05, 4.69) is 0 Å². The molecule has 1 aliphatic carbocycles. The summed E-state index contributed by atoms with van der Waals surface area (Å²) >= 11 is 0. The molecule has 1 atom stereocenters. The third-order valence-corrected chi connectivity index (χ3v) is 2.39. The summed E-state index contributed by atoms with van der Waals surface area (Å²) in [6, 6.07) is 0. The van der Waals surface area contributed by atoms with E-state index in [4.69, 9.17) is 0 Å². The Bertz CT molecular complexity index is 99.2. The largest absolute Gasteiger partial charge is 1.00 e. The molecule has 0 aromatic heterocycles. The van der Waals surface area contributed by atoms with E-state index in [1.54, 1.807) is 0 Å². The van der Waals surface area contributed by atoms with Crippen LogP contribution in [-0.4, -0.2) is 5.52 Å². The normalized spacial score (nSPS) is 19.6. The predicted molar refractivity (Wildman–Crippen MR) is 38.1 cm³/mol.